The first-order chi connectivity index (χ1) is 8.99. The number of nitrogens with zero attached hydrogens (tertiary/aromatic N) is 3. The van der Waals surface area contributed by atoms with Gasteiger partial charge in [0.2, 0.25) is 0 Å². The van der Waals surface area contributed by atoms with Gasteiger partial charge in [-0.2, -0.15) is 0 Å². The summed E-state index contributed by atoms with van der Waals surface area (Å²) in [5.74, 6) is -0.149. The second kappa shape index (κ2) is 5.66. The first-order valence-corrected chi connectivity index (χ1v) is 6.70. The molecule has 2 rings (SSSR count). The van der Waals surface area contributed by atoms with Gasteiger partial charge in [-0.3, -0.25) is 14.9 Å². The summed E-state index contributed by atoms with van der Waals surface area (Å²) < 4.78 is 0.382. The molecule has 1 heterocycles. The van der Waals surface area contributed by atoms with Crippen LogP contribution >= 0.6 is 15.9 Å². The average Bonchev–Trinajstić information content (AvgIpc) is 2.39. The summed E-state index contributed by atoms with van der Waals surface area (Å²) in [5.41, 5.74) is 0.277. The Bertz CT molecular complexity index is 513. The van der Waals surface area contributed by atoms with E-state index in [1.807, 2.05) is 7.05 Å². The molecule has 102 valence electrons. The van der Waals surface area contributed by atoms with Gasteiger partial charge < -0.3 is 9.80 Å². The Morgan fingerprint density at radius 2 is 1.95 bits per heavy atom. The fraction of sp³-hybridized carbons (Fsp3) is 0.417. The van der Waals surface area contributed by atoms with Crippen LogP contribution in [-0.2, 0) is 0 Å². The van der Waals surface area contributed by atoms with Crippen molar-refractivity contribution in [3.8, 4) is 0 Å². The summed E-state index contributed by atoms with van der Waals surface area (Å²) in [4.78, 5) is 26.5. The van der Waals surface area contributed by atoms with Crippen molar-refractivity contribution in [3.63, 3.8) is 0 Å². The fourth-order valence-electron chi connectivity index (χ4n) is 1.98. The second-order valence-corrected chi connectivity index (χ2v) is 5.37. The minimum absolute atomic E-state index is 0.0834. The van der Waals surface area contributed by atoms with Crippen LogP contribution in [0.2, 0.25) is 0 Å². The lowest BCUT2D eigenvalue weighted by Gasteiger charge is -2.32. The highest BCUT2D eigenvalue weighted by atomic mass is 79.9. The van der Waals surface area contributed by atoms with Gasteiger partial charge in [0.25, 0.3) is 11.6 Å². The number of halogens is 1. The van der Waals surface area contributed by atoms with Crippen LogP contribution in [0.25, 0.3) is 0 Å². The Kier molecular flexibility index (Phi) is 4.16. The van der Waals surface area contributed by atoms with Crippen molar-refractivity contribution in [1.29, 1.82) is 0 Å². The number of likely N-dealkylation sites (N-methyl/N-ethyl adjacent to an activating group) is 1. The summed E-state index contributed by atoms with van der Waals surface area (Å²) in [5, 5.41) is 10.9. The van der Waals surface area contributed by atoms with Gasteiger partial charge in [0.15, 0.2) is 0 Å². The zero-order chi connectivity index (χ0) is 14.0. The van der Waals surface area contributed by atoms with E-state index >= 15 is 0 Å². The van der Waals surface area contributed by atoms with Crippen LogP contribution in [0.1, 0.15) is 10.4 Å². The molecule has 19 heavy (non-hydrogen) atoms. The van der Waals surface area contributed by atoms with Crippen molar-refractivity contribution in [2.75, 3.05) is 33.2 Å². The molecule has 0 unspecified atom stereocenters. The van der Waals surface area contributed by atoms with E-state index < -0.39 is 4.92 Å². The Morgan fingerprint density at radius 3 is 2.53 bits per heavy atom. The Morgan fingerprint density at radius 1 is 1.32 bits per heavy atom. The van der Waals surface area contributed by atoms with Crippen LogP contribution in [0.5, 0.6) is 0 Å². The van der Waals surface area contributed by atoms with Crippen LogP contribution in [0, 0.1) is 10.1 Å². The van der Waals surface area contributed by atoms with E-state index in [1.54, 1.807) is 17.0 Å². The highest BCUT2D eigenvalue weighted by molar-refractivity contribution is 9.10. The SMILES string of the molecule is CN1CCN(C(=O)c2ccc(Br)c([N+](=O)[O-])c2)CC1. The lowest BCUT2D eigenvalue weighted by atomic mass is 10.1. The number of hydrogen-bond donors (Lipinski definition) is 0. The van der Waals surface area contributed by atoms with E-state index in [2.05, 4.69) is 20.8 Å². The van der Waals surface area contributed by atoms with Crippen molar-refractivity contribution in [3.05, 3.63) is 38.3 Å². The van der Waals surface area contributed by atoms with Crippen molar-refractivity contribution in [2.45, 2.75) is 0 Å². The van der Waals surface area contributed by atoms with Crippen LogP contribution in [0.3, 0.4) is 0 Å². The minimum atomic E-state index is -0.495. The molecule has 1 aromatic rings. The van der Waals surface area contributed by atoms with Crippen molar-refractivity contribution in [2.24, 2.45) is 0 Å². The summed E-state index contributed by atoms with van der Waals surface area (Å²) in [6, 6.07) is 4.48. The van der Waals surface area contributed by atoms with E-state index in [-0.39, 0.29) is 11.6 Å². The smallest absolute Gasteiger partial charge is 0.284 e. The largest absolute Gasteiger partial charge is 0.336 e. The molecule has 0 atom stereocenters. The van der Waals surface area contributed by atoms with Crippen molar-refractivity contribution in [1.82, 2.24) is 9.80 Å². The standard InChI is InChI=1S/C12H14BrN3O3/c1-14-4-6-15(7-5-14)12(17)9-2-3-10(13)11(8-9)16(18)19/h2-3,8H,4-7H2,1H3. The maximum atomic E-state index is 12.3. The molecule has 7 heteroatoms. The Hall–Kier alpha value is -1.47. The Balaban J connectivity index is 2.20. The number of nitro benzene ring substituents is 1. The molecule has 1 saturated heterocycles. The highest BCUT2D eigenvalue weighted by Gasteiger charge is 2.22. The molecule has 0 spiro atoms. The van der Waals surface area contributed by atoms with Gasteiger partial charge in [-0.05, 0) is 35.1 Å². The third-order valence-corrected chi connectivity index (χ3v) is 3.85. The monoisotopic (exact) mass is 327 g/mol. The molecule has 1 aromatic carbocycles. The molecule has 1 aliphatic rings. The van der Waals surface area contributed by atoms with E-state index in [4.69, 9.17) is 0 Å². The molecule has 0 aliphatic carbocycles. The normalized spacial score (nSPS) is 16.4. The van der Waals surface area contributed by atoms with E-state index in [9.17, 15) is 14.9 Å². The average molecular weight is 328 g/mol. The first-order valence-electron chi connectivity index (χ1n) is 5.91. The number of carbonyl (C=O) groups excluding carboxylic acids is 1. The number of benzene rings is 1. The van der Waals surface area contributed by atoms with Gasteiger partial charge in [-0.25, -0.2) is 0 Å². The molecule has 0 aromatic heterocycles. The first kappa shape index (κ1) is 14.0. The molecule has 1 aliphatic heterocycles. The lowest BCUT2D eigenvalue weighted by molar-refractivity contribution is -0.385. The molecule has 0 radical (unpaired) electrons. The number of amides is 1. The molecule has 0 bridgehead atoms. The number of nitro groups is 1. The van der Waals surface area contributed by atoms with Gasteiger partial charge >= 0.3 is 0 Å². The zero-order valence-corrected chi connectivity index (χ0v) is 12.1. The molecular formula is C12H14BrN3O3. The van der Waals surface area contributed by atoms with Gasteiger partial charge in [-0.1, -0.05) is 0 Å². The quantitative estimate of drug-likeness (QED) is 0.613. The topological polar surface area (TPSA) is 66.7 Å². The molecule has 1 amide bonds. The number of rotatable bonds is 2. The second-order valence-electron chi connectivity index (χ2n) is 4.52. The fourth-order valence-corrected chi connectivity index (χ4v) is 2.37. The maximum absolute atomic E-state index is 12.3. The van der Waals surface area contributed by atoms with Crippen molar-refractivity contribution >= 4 is 27.5 Å². The number of hydrogen-bond acceptors (Lipinski definition) is 4. The molecule has 1 fully saturated rings. The van der Waals surface area contributed by atoms with Crippen LogP contribution in [-0.4, -0.2) is 53.9 Å². The van der Waals surface area contributed by atoms with Crippen LogP contribution in [0.15, 0.2) is 22.7 Å². The summed E-state index contributed by atoms with van der Waals surface area (Å²) in [6.07, 6.45) is 0. The maximum Gasteiger partial charge on any atom is 0.284 e. The summed E-state index contributed by atoms with van der Waals surface area (Å²) in [6.45, 7) is 2.95. The van der Waals surface area contributed by atoms with Gasteiger partial charge in [0.1, 0.15) is 0 Å². The van der Waals surface area contributed by atoms with E-state index in [1.165, 1.54) is 6.07 Å². The van der Waals surface area contributed by atoms with Crippen molar-refractivity contribution < 1.29 is 9.72 Å². The van der Waals surface area contributed by atoms with Gasteiger partial charge in [0, 0.05) is 37.8 Å². The highest BCUT2D eigenvalue weighted by Crippen LogP contribution is 2.26. The predicted octanol–water partition coefficient (Wildman–Crippen LogP) is 1.74. The van der Waals surface area contributed by atoms with Crippen LogP contribution < -0.4 is 0 Å². The third-order valence-electron chi connectivity index (χ3n) is 3.18. The third kappa shape index (κ3) is 3.10. The number of piperazine rings is 1. The summed E-state index contributed by atoms with van der Waals surface area (Å²) >= 11 is 3.11. The molecule has 0 N–H and O–H groups in total. The predicted molar refractivity (Wildman–Crippen MR) is 74.2 cm³/mol. The van der Waals surface area contributed by atoms with Gasteiger partial charge in [-0.15, -0.1) is 0 Å². The van der Waals surface area contributed by atoms with Gasteiger partial charge in [0.05, 0.1) is 9.40 Å². The molecule has 6 nitrogen and oxygen atoms in total. The molecular weight excluding hydrogens is 314 g/mol. The molecule has 0 saturated carbocycles. The minimum Gasteiger partial charge on any atom is -0.336 e. The number of carbonyl (C=O) groups is 1. The lowest BCUT2D eigenvalue weighted by Crippen LogP contribution is -2.47. The van der Waals surface area contributed by atoms with E-state index in [0.717, 1.165) is 13.1 Å². The Labute approximate surface area is 119 Å². The van der Waals surface area contributed by atoms with Crippen LogP contribution in [0.4, 0.5) is 5.69 Å². The zero-order valence-electron chi connectivity index (χ0n) is 10.5. The van der Waals surface area contributed by atoms with E-state index in [0.29, 0.717) is 23.1 Å². The summed E-state index contributed by atoms with van der Waals surface area (Å²) in [7, 11) is 2.01.